The molecule has 1 unspecified atom stereocenters. The normalized spacial score (nSPS) is 28.2. The van der Waals surface area contributed by atoms with E-state index in [9.17, 15) is 9.59 Å². The molecule has 1 aromatic rings. The van der Waals surface area contributed by atoms with Crippen LogP contribution in [0.25, 0.3) is 0 Å². The highest BCUT2D eigenvalue weighted by Crippen LogP contribution is 2.61. The number of amides is 1. The maximum Gasteiger partial charge on any atom is 0.330 e. The summed E-state index contributed by atoms with van der Waals surface area (Å²) in [7, 11) is 0. The number of rotatable bonds is 5. The largest absolute Gasteiger partial charge is 0.463 e. The van der Waals surface area contributed by atoms with Crippen LogP contribution in [0.5, 0.6) is 0 Å². The lowest BCUT2D eigenvalue weighted by molar-refractivity contribution is -0.137. The van der Waals surface area contributed by atoms with Crippen molar-refractivity contribution < 1.29 is 14.3 Å². The Balaban J connectivity index is 1.84. The van der Waals surface area contributed by atoms with E-state index in [1.165, 1.54) is 11.6 Å². The first kappa shape index (κ1) is 21.4. The third-order valence-electron chi connectivity index (χ3n) is 6.58. The minimum atomic E-state index is -0.304. The van der Waals surface area contributed by atoms with Crippen LogP contribution in [0.4, 0.5) is 5.69 Å². The molecule has 3 atom stereocenters. The molecule has 156 valence electrons. The Hall–Kier alpha value is -2.36. The highest BCUT2D eigenvalue weighted by Gasteiger charge is 2.58. The third kappa shape index (κ3) is 4.17. The SMILES string of the molecule is CCOC(=O)C=C(C)C=C[C@@H]1C[C@]1(C)C1CC(C)(C)c2ccccc2N1C(C)=O. The summed E-state index contributed by atoms with van der Waals surface area (Å²) in [6, 6.07) is 8.46. The molecular formula is C25H33NO3. The van der Waals surface area contributed by atoms with Crippen molar-refractivity contribution in [1.29, 1.82) is 0 Å². The molecule has 0 radical (unpaired) electrons. The number of allylic oxidation sites excluding steroid dienone is 3. The second-order valence-electron chi connectivity index (χ2n) is 9.33. The van der Waals surface area contributed by atoms with Gasteiger partial charge < -0.3 is 9.64 Å². The maximum absolute atomic E-state index is 12.7. The van der Waals surface area contributed by atoms with E-state index in [1.807, 2.05) is 24.0 Å². The number of fused-ring (bicyclic) bond motifs is 1. The van der Waals surface area contributed by atoms with E-state index in [1.54, 1.807) is 13.8 Å². The molecule has 1 aliphatic carbocycles. The molecule has 3 rings (SSSR count). The lowest BCUT2D eigenvalue weighted by atomic mass is 9.70. The standard InChI is InChI=1S/C25H33NO3/c1-7-29-23(28)14-17(2)12-13-19-15-25(19,6)22-16-24(4,5)20-10-8-9-11-21(20)26(22)18(3)27/h8-14,19,22H,7,15-16H2,1-6H3/t19-,22?,25+/m1/s1. The van der Waals surface area contributed by atoms with Crippen LogP contribution in [-0.4, -0.2) is 24.5 Å². The summed E-state index contributed by atoms with van der Waals surface area (Å²) in [6.45, 7) is 12.6. The molecule has 1 aliphatic heterocycles. The fourth-order valence-corrected chi connectivity index (χ4v) is 4.80. The van der Waals surface area contributed by atoms with E-state index in [-0.39, 0.29) is 28.7 Å². The molecule has 1 amide bonds. The molecule has 4 nitrogen and oxygen atoms in total. The summed E-state index contributed by atoms with van der Waals surface area (Å²) in [6.07, 6.45) is 7.72. The molecule has 1 aromatic carbocycles. The van der Waals surface area contributed by atoms with Gasteiger partial charge in [0.05, 0.1) is 6.61 Å². The molecule has 1 fully saturated rings. The topological polar surface area (TPSA) is 46.6 Å². The van der Waals surface area contributed by atoms with Gasteiger partial charge in [-0.2, -0.15) is 0 Å². The van der Waals surface area contributed by atoms with Gasteiger partial charge in [-0.15, -0.1) is 0 Å². The molecule has 0 spiro atoms. The van der Waals surface area contributed by atoms with E-state index < -0.39 is 0 Å². The van der Waals surface area contributed by atoms with Gasteiger partial charge in [-0.05, 0) is 60.6 Å². The Morgan fingerprint density at radius 3 is 2.52 bits per heavy atom. The first-order valence-corrected chi connectivity index (χ1v) is 10.5. The van der Waals surface area contributed by atoms with Crippen LogP contribution in [0.15, 0.2) is 48.1 Å². The van der Waals surface area contributed by atoms with Crippen molar-refractivity contribution in [2.75, 3.05) is 11.5 Å². The predicted octanol–water partition coefficient (Wildman–Crippen LogP) is 5.18. The lowest BCUT2D eigenvalue weighted by Crippen LogP contribution is -2.51. The van der Waals surface area contributed by atoms with E-state index in [2.05, 4.69) is 45.0 Å². The summed E-state index contributed by atoms with van der Waals surface area (Å²) >= 11 is 0. The van der Waals surface area contributed by atoms with Crippen molar-refractivity contribution in [3.63, 3.8) is 0 Å². The molecular weight excluding hydrogens is 362 g/mol. The zero-order valence-corrected chi connectivity index (χ0v) is 18.5. The van der Waals surface area contributed by atoms with Gasteiger partial charge in [-0.25, -0.2) is 4.79 Å². The minimum Gasteiger partial charge on any atom is -0.463 e. The number of hydrogen-bond acceptors (Lipinski definition) is 3. The Morgan fingerprint density at radius 2 is 1.86 bits per heavy atom. The van der Waals surface area contributed by atoms with Crippen LogP contribution >= 0.6 is 0 Å². The van der Waals surface area contributed by atoms with Crippen LogP contribution in [0.2, 0.25) is 0 Å². The van der Waals surface area contributed by atoms with Gasteiger partial charge in [0, 0.05) is 24.7 Å². The average molecular weight is 396 g/mol. The predicted molar refractivity (Wildman–Crippen MR) is 117 cm³/mol. The van der Waals surface area contributed by atoms with Crippen molar-refractivity contribution in [3.05, 3.63) is 53.6 Å². The summed E-state index contributed by atoms with van der Waals surface area (Å²) in [5, 5.41) is 0. The molecule has 1 heterocycles. The molecule has 0 bridgehead atoms. The number of esters is 1. The van der Waals surface area contributed by atoms with Crippen LogP contribution in [-0.2, 0) is 19.7 Å². The number of hydrogen-bond donors (Lipinski definition) is 0. The monoisotopic (exact) mass is 395 g/mol. The van der Waals surface area contributed by atoms with Gasteiger partial charge in [0.25, 0.3) is 0 Å². The fourth-order valence-electron chi connectivity index (χ4n) is 4.80. The van der Waals surface area contributed by atoms with Gasteiger partial charge in [-0.3, -0.25) is 4.79 Å². The van der Waals surface area contributed by atoms with Gasteiger partial charge in [-0.1, -0.05) is 51.1 Å². The summed E-state index contributed by atoms with van der Waals surface area (Å²) in [4.78, 5) is 26.3. The zero-order chi connectivity index (χ0) is 21.4. The molecule has 0 aromatic heterocycles. The van der Waals surface area contributed by atoms with Crippen molar-refractivity contribution in [2.45, 2.75) is 65.8 Å². The smallest absolute Gasteiger partial charge is 0.330 e. The molecule has 0 N–H and O–H groups in total. The molecule has 2 aliphatic rings. The summed E-state index contributed by atoms with van der Waals surface area (Å²) in [5.74, 6) is 0.190. The second kappa shape index (κ2) is 7.81. The first-order valence-electron chi connectivity index (χ1n) is 10.5. The van der Waals surface area contributed by atoms with E-state index in [4.69, 9.17) is 4.74 Å². The lowest BCUT2D eigenvalue weighted by Gasteiger charge is -2.47. The third-order valence-corrected chi connectivity index (χ3v) is 6.58. The molecule has 0 saturated heterocycles. The number of carbonyl (C=O) groups excluding carboxylic acids is 2. The number of ether oxygens (including phenoxy) is 1. The van der Waals surface area contributed by atoms with Crippen LogP contribution in [0.1, 0.15) is 59.9 Å². The highest BCUT2D eigenvalue weighted by molar-refractivity contribution is 5.94. The second-order valence-corrected chi connectivity index (χ2v) is 9.33. The Kier molecular flexibility index (Phi) is 5.75. The Bertz CT molecular complexity index is 867. The van der Waals surface area contributed by atoms with Crippen molar-refractivity contribution >= 4 is 17.6 Å². The van der Waals surface area contributed by atoms with Crippen molar-refractivity contribution in [3.8, 4) is 0 Å². The number of carbonyl (C=O) groups is 2. The van der Waals surface area contributed by atoms with Crippen LogP contribution in [0.3, 0.4) is 0 Å². The number of nitrogens with zero attached hydrogens (tertiary/aromatic N) is 1. The van der Waals surface area contributed by atoms with E-state index in [0.29, 0.717) is 12.5 Å². The van der Waals surface area contributed by atoms with Crippen LogP contribution in [0, 0.1) is 11.3 Å². The van der Waals surface area contributed by atoms with Gasteiger partial charge in [0.2, 0.25) is 5.91 Å². The van der Waals surface area contributed by atoms with Gasteiger partial charge in [0.15, 0.2) is 0 Å². The Labute approximate surface area is 174 Å². The number of para-hydroxylation sites is 1. The summed E-state index contributed by atoms with van der Waals surface area (Å²) < 4.78 is 4.97. The Morgan fingerprint density at radius 1 is 1.17 bits per heavy atom. The van der Waals surface area contributed by atoms with E-state index >= 15 is 0 Å². The average Bonchev–Trinajstić information content (AvgIpc) is 3.31. The number of benzene rings is 1. The van der Waals surface area contributed by atoms with E-state index in [0.717, 1.165) is 24.1 Å². The molecule has 4 heteroatoms. The van der Waals surface area contributed by atoms with Gasteiger partial charge in [0.1, 0.15) is 0 Å². The maximum atomic E-state index is 12.7. The quantitative estimate of drug-likeness (QED) is 0.392. The van der Waals surface area contributed by atoms with Gasteiger partial charge >= 0.3 is 5.97 Å². The first-order chi connectivity index (χ1) is 13.6. The highest BCUT2D eigenvalue weighted by atomic mass is 16.5. The fraction of sp³-hybridized carbons (Fsp3) is 0.520. The zero-order valence-electron chi connectivity index (χ0n) is 18.5. The molecule has 29 heavy (non-hydrogen) atoms. The summed E-state index contributed by atoms with van der Waals surface area (Å²) in [5.41, 5.74) is 3.24. The number of anilines is 1. The minimum absolute atomic E-state index is 0.0206. The van der Waals surface area contributed by atoms with Crippen molar-refractivity contribution in [1.82, 2.24) is 0 Å². The van der Waals surface area contributed by atoms with Crippen molar-refractivity contribution in [2.24, 2.45) is 11.3 Å². The molecule has 1 saturated carbocycles. The van der Waals surface area contributed by atoms with Crippen LogP contribution < -0.4 is 4.90 Å².